The van der Waals surface area contributed by atoms with Crippen LogP contribution in [0.2, 0.25) is 0 Å². The van der Waals surface area contributed by atoms with Crippen molar-refractivity contribution in [1.29, 1.82) is 0 Å². The number of fused-ring (bicyclic) bond motifs is 2. The summed E-state index contributed by atoms with van der Waals surface area (Å²) in [6.45, 7) is 3.70. The standard InChI is InChI=1S/C22H22N4O2S/c1-25-10-12-26(13-11-25)21-9-8-19-22(24-21)20(15-23-19)29(27,28)18-7-6-16-4-2-3-5-17(16)14-18/h2-9,14-15,23H,10-13H2,1H3. The molecule has 4 aromatic rings. The Morgan fingerprint density at radius 1 is 0.931 bits per heavy atom. The van der Waals surface area contributed by atoms with E-state index in [0.717, 1.165) is 48.3 Å². The van der Waals surface area contributed by atoms with Crippen molar-refractivity contribution in [3.8, 4) is 0 Å². The fourth-order valence-corrected chi connectivity index (χ4v) is 5.25. The van der Waals surface area contributed by atoms with Crippen LogP contribution < -0.4 is 4.90 Å². The number of aromatic amines is 1. The summed E-state index contributed by atoms with van der Waals surface area (Å²) in [6.07, 6.45) is 1.55. The van der Waals surface area contributed by atoms with E-state index in [1.807, 2.05) is 42.5 Å². The van der Waals surface area contributed by atoms with Gasteiger partial charge in [0.15, 0.2) is 0 Å². The summed E-state index contributed by atoms with van der Waals surface area (Å²) >= 11 is 0. The number of piperazine rings is 1. The molecule has 0 atom stereocenters. The Morgan fingerprint density at radius 3 is 2.48 bits per heavy atom. The molecule has 0 saturated carbocycles. The Hall–Kier alpha value is -2.90. The van der Waals surface area contributed by atoms with Crippen molar-refractivity contribution >= 4 is 37.5 Å². The van der Waals surface area contributed by atoms with Gasteiger partial charge in [0.2, 0.25) is 9.84 Å². The van der Waals surface area contributed by atoms with Gasteiger partial charge in [0.05, 0.1) is 10.4 Å². The lowest BCUT2D eigenvalue weighted by Gasteiger charge is -2.33. The molecule has 0 aliphatic carbocycles. The highest BCUT2D eigenvalue weighted by Gasteiger charge is 2.24. The average Bonchev–Trinajstić information content (AvgIpc) is 3.18. The SMILES string of the molecule is CN1CCN(c2ccc3[nH]cc(S(=O)(=O)c4ccc5ccccc5c4)c3n2)CC1. The van der Waals surface area contributed by atoms with Gasteiger partial charge in [0.25, 0.3) is 0 Å². The molecule has 1 aliphatic rings. The Bertz CT molecular complexity index is 1300. The molecular formula is C22H22N4O2S. The number of benzene rings is 2. The maximum atomic E-state index is 13.4. The van der Waals surface area contributed by atoms with E-state index >= 15 is 0 Å². The number of nitrogens with zero attached hydrogens (tertiary/aromatic N) is 3. The van der Waals surface area contributed by atoms with Crippen LogP contribution in [0.5, 0.6) is 0 Å². The topological polar surface area (TPSA) is 69.3 Å². The van der Waals surface area contributed by atoms with E-state index in [-0.39, 0.29) is 9.79 Å². The first-order chi connectivity index (χ1) is 14.0. The number of anilines is 1. The van der Waals surface area contributed by atoms with Gasteiger partial charge in [-0.05, 0) is 42.1 Å². The van der Waals surface area contributed by atoms with E-state index in [9.17, 15) is 8.42 Å². The number of hydrogen-bond donors (Lipinski definition) is 1. The second-order valence-corrected chi connectivity index (χ2v) is 9.44. The summed E-state index contributed by atoms with van der Waals surface area (Å²) < 4.78 is 26.8. The van der Waals surface area contributed by atoms with Gasteiger partial charge >= 0.3 is 0 Å². The second-order valence-electron chi connectivity index (χ2n) is 7.52. The first kappa shape index (κ1) is 18.1. The molecule has 1 fully saturated rings. The quantitative estimate of drug-likeness (QED) is 0.565. The number of rotatable bonds is 3. The zero-order valence-electron chi connectivity index (χ0n) is 16.2. The van der Waals surface area contributed by atoms with Crippen molar-refractivity contribution in [2.24, 2.45) is 0 Å². The summed E-state index contributed by atoms with van der Waals surface area (Å²) in [5.74, 6) is 0.820. The molecule has 0 radical (unpaired) electrons. The van der Waals surface area contributed by atoms with E-state index in [2.05, 4.69) is 21.8 Å². The van der Waals surface area contributed by atoms with Crippen molar-refractivity contribution in [2.45, 2.75) is 9.79 Å². The van der Waals surface area contributed by atoms with Crippen LogP contribution in [0.15, 0.2) is 70.6 Å². The van der Waals surface area contributed by atoms with Crippen LogP contribution >= 0.6 is 0 Å². The zero-order valence-corrected chi connectivity index (χ0v) is 17.0. The van der Waals surface area contributed by atoms with Crippen LogP contribution in [-0.4, -0.2) is 56.5 Å². The van der Waals surface area contributed by atoms with Gasteiger partial charge in [-0.1, -0.05) is 30.3 Å². The van der Waals surface area contributed by atoms with Gasteiger partial charge < -0.3 is 14.8 Å². The van der Waals surface area contributed by atoms with Crippen LogP contribution in [0.3, 0.4) is 0 Å². The monoisotopic (exact) mass is 406 g/mol. The molecule has 0 unspecified atom stereocenters. The number of sulfone groups is 1. The van der Waals surface area contributed by atoms with Crippen LogP contribution in [0, 0.1) is 0 Å². The molecule has 2 aromatic heterocycles. The van der Waals surface area contributed by atoms with Gasteiger partial charge in [0.1, 0.15) is 16.2 Å². The van der Waals surface area contributed by atoms with Gasteiger partial charge in [0, 0.05) is 32.4 Å². The summed E-state index contributed by atoms with van der Waals surface area (Å²) in [5, 5.41) is 1.92. The number of nitrogens with one attached hydrogen (secondary N) is 1. The lowest BCUT2D eigenvalue weighted by Crippen LogP contribution is -2.44. The number of hydrogen-bond acceptors (Lipinski definition) is 5. The largest absolute Gasteiger partial charge is 0.359 e. The lowest BCUT2D eigenvalue weighted by atomic mass is 10.1. The highest BCUT2D eigenvalue weighted by molar-refractivity contribution is 7.91. The van der Waals surface area contributed by atoms with Crippen LogP contribution in [0.25, 0.3) is 21.8 Å². The minimum absolute atomic E-state index is 0.221. The molecule has 7 heteroatoms. The number of pyridine rings is 1. The molecule has 1 aliphatic heterocycles. The van der Waals surface area contributed by atoms with Gasteiger partial charge in [-0.3, -0.25) is 0 Å². The summed E-state index contributed by atoms with van der Waals surface area (Å²) in [6, 6.07) is 16.9. The third-order valence-corrected chi connectivity index (χ3v) is 7.39. The molecule has 2 aromatic carbocycles. The predicted molar refractivity (Wildman–Crippen MR) is 115 cm³/mol. The first-order valence-corrected chi connectivity index (χ1v) is 11.2. The Kier molecular flexibility index (Phi) is 4.29. The van der Waals surface area contributed by atoms with Crippen molar-refractivity contribution in [3.63, 3.8) is 0 Å². The van der Waals surface area contributed by atoms with E-state index in [4.69, 9.17) is 4.98 Å². The molecule has 6 nitrogen and oxygen atoms in total. The Balaban J connectivity index is 1.58. The van der Waals surface area contributed by atoms with Crippen molar-refractivity contribution in [1.82, 2.24) is 14.9 Å². The molecule has 3 heterocycles. The van der Waals surface area contributed by atoms with Gasteiger partial charge in [-0.15, -0.1) is 0 Å². The predicted octanol–water partition coefficient (Wildman–Crippen LogP) is 3.30. The summed E-state index contributed by atoms with van der Waals surface area (Å²) in [4.78, 5) is 12.8. The van der Waals surface area contributed by atoms with E-state index in [1.165, 1.54) is 0 Å². The van der Waals surface area contributed by atoms with E-state index in [1.54, 1.807) is 18.3 Å². The van der Waals surface area contributed by atoms with Gasteiger partial charge in [-0.2, -0.15) is 0 Å². The second kappa shape index (κ2) is 6.86. The molecule has 1 saturated heterocycles. The van der Waals surface area contributed by atoms with Crippen molar-refractivity contribution < 1.29 is 8.42 Å². The zero-order chi connectivity index (χ0) is 20.0. The third-order valence-electron chi connectivity index (χ3n) is 5.62. The maximum Gasteiger partial charge on any atom is 0.210 e. The van der Waals surface area contributed by atoms with E-state index in [0.29, 0.717) is 5.52 Å². The molecule has 5 rings (SSSR count). The number of likely N-dealkylation sites (N-methyl/N-ethyl adjacent to an activating group) is 1. The number of H-pyrrole nitrogens is 1. The molecule has 1 N–H and O–H groups in total. The molecule has 0 amide bonds. The number of aromatic nitrogens is 2. The van der Waals surface area contributed by atoms with Crippen LogP contribution in [-0.2, 0) is 9.84 Å². The lowest BCUT2D eigenvalue weighted by molar-refractivity contribution is 0.312. The van der Waals surface area contributed by atoms with Gasteiger partial charge in [-0.25, -0.2) is 13.4 Å². The van der Waals surface area contributed by atoms with Crippen LogP contribution in [0.4, 0.5) is 5.82 Å². The van der Waals surface area contributed by atoms with Crippen LogP contribution in [0.1, 0.15) is 0 Å². The minimum Gasteiger partial charge on any atom is -0.359 e. The maximum absolute atomic E-state index is 13.4. The summed E-state index contributed by atoms with van der Waals surface area (Å²) in [5.41, 5.74) is 1.22. The minimum atomic E-state index is -3.69. The fourth-order valence-electron chi connectivity index (χ4n) is 3.84. The summed E-state index contributed by atoms with van der Waals surface area (Å²) in [7, 11) is -1.58. The third kappa shape index (κ3) is 3.16. The smallest absolute Gasteiger partial charge is 0.210 e. The Morgan fingerprint density at radius 2 is 1.69 bits per heavy atom. The molecule has 0 spiro atoms. The average molecular weight is 407 g/mol. The molecular weight excluding hydrogens is 384 g/mol. The fraction of sp³-hybridized carbons (Fsp3) is 0.227. The highest BCUT2D eigenvalue weighted by atomic mass is 32.2. The Labute approximate surface area is 169 Å². The highest BCUT2D eigenvalue weighted by Crippen LogP contribution is 2.30. The normalized spacial score (nSPS) is 16.0. The van der Waals surface area contributed by atoms with Crippen molar-refractivity contribution in [3.05, 3.63) is 60.8 Å². The first-order valence-electron chi connectivity index (χ1n) is 9.68. The molecule has 0 bridgehead atoms. The molecule has 29 heavy (non-hydrogen) atoms. The molecule has 148 valence electrons. The van der Waals surface area contributed by atoms with E-state index < -0.39 is 9.84 Å². The van der Waals surface area contributed by atoms with Crippen molar-refractivity contribution in [2.75, 3.05) is 38.1 Å².